The average molecular weight is 390 g/mol. The van der Waals surface area contributed by atoms with E-state index in [1.807, 2.05) is 13.8 Å². The Bertz CT molecular complexity index is 885. The van der Waals surface area contributed by atoms with E-state index in [-0.39, 0.29) is 5.91 Å². The summed E-state index contributed by atoms with van der Waals surface area (Å²) < 4.78 is 6.44. The molecule has 6 nitrogen and oxygen atoms in total. The number of anilines is 1. The number of benzene rings is 1. The minimum atomic E-state index is -0.417. The third kappa shape index (κ3) is 5.20. The molecule has 2 rings (SSSR count). The largest absolute Gasteiger partial charge is 0.465 e. The maximum absolute atomic E-state index is 12.3. The van der Waals surface area contributed by atoms with Gasteiger partial charge in [-0.05, 0) is 49.6 Å². The number of esters is 1. The predicted molar refractivity (Wildman–Crippen MR) is 107 cm³/mol. The smallest absolute Gasteiger partial charge is 0.337 e. The molecule has 1 aromatic heterocycles. The van der Waals surface area contributed by atoms with E-state index in [0.29, 0.717) is 28.9 Å². The number of hydrogen-bond donors (Lipinski definition) is 1. The molecule has 0 unspecified atom stereocenters. The van der Waals surface area contributed by atoms with Crippen molar-refractivity contribution < 1.29 is 14.3 Å². The van der Waals surface area contributed by atoms with Crippen molar-refractivity contribution in [2.75, 3.05) is 12.4 Å². The summed E-state index contributed by atoms with van der Waals surface area (Å²) in [7, 11) is 1.33. The fourth-order valence-electron chi connectivity index (χ4n) is 2.61. The number of halogens is 1. The number of aromatic nitrogens is 2. The molecule has 0 fully saturated rings. The van der Waals surface area contributed by atoms with E-state index in [1.54, 1.807) is 29.0 Å². The summed E-state index contributed by atoms with van der Waals surface area (Å²) in [4.78, 5) is 23.8. The van der Waals surface area contributed by atoms with E-state index >= 15 is 0 Å². The summed E-state index contributed by atoms with van der Waals surface area (Å²) in [5, 5.41) is 7.73. The van der Waals surface area contributed by atoms with Crippen molar-refractivity contribution in [3.8, 4) is 0 Å². The molecule has 0 spiro atoms. The number of aryl methyl sites for hydroxylation is 2. The van der Waals surface area contributed by atoms with Gasteiger partial charge in [-0.25, -0.2) is 4.79 Å². The van der Waals surface area contributed by atoms with Gasteiger partial charge in [0.05, 0.1) is 18.4 Å². The first-order valence-electron chi connectivity index (χ1n) is 8.63. The molecule has 1 heterocycles. The van der Waals surface area contributed by atoms with Gasteiger partial charge in [-0.15, -0.1) is 0 Å². The lowest BCUT2D eigenvalue weighted by atomic mass is 10.1. The molecule has 2 aromatic rings. The van der Waals surface area contributed by atoms with Crippen LogP contribution in [0.4, 0.5) is 5.69 Å². The van der Waals surface area contributed by atoms with Crippen LogP contribution in [0.5, 0.6) is 0 Å². The van der Waals surface area contributed by atoms with Crippen molar-refractivity contribution in [3.05, 3.63) is 51.8 Å². The van der Waals surface area contributed by atoms with Gasteiger partial charge in [-0.2, -0.15) is 5.10 Å². The molecule has 1 aromatic carbocycles. The summed E-state index contributed by atoms with van der Waals surface area (Å²) in [6.07, 6.45) is 3.08. The van der Waals surface area contributed by atoms with Crippen LogP contribution in [0.25, 0.3) is 6.08 Å². The molecule has 0 atom stereocenters. The Morgan fingerprint density at radius 1 is 1.33 bits per heavy atom. The minimum Gasteiger partial charge on any atom is -0.465 e. The highest BCUT2D eigenvalue weighted by Crippen LogP contribution is 2.22. The number of nitrogens with one attached hydrogen (secondary N) is 1. The Balaban J connectivity index is 2.12. The fraction of sp³-hybridized carbons (Fsp3) is 0.350. The lowest BCUT2D eigenvalue weighted by molar-refractivity contribution is -0.111. The standard InChI is InChI=1S/C20H24ClN3O3/c1-12(2)11-24-19(21)16(14(4)23-24)7-9-18(25)22-17-8-6-15(10-13(17)3)20(26)27-5/h6-10,12H,11H2,1-5H3,(H,22,25)/b9-7+. The van der Waals surface area contributed by atoms with Crippen molar-refractivity contribution in [3.63, 3.8) is 0 Å². The molecule has 0 aliphatic carbocycles. The van der Waals surface area contributed by atoms with Crippen molar-refractivity contribution in [2.24, 2.45) is 5.92 Å². The maximum Gasteiger partial charge on any atom is 0.337 e. The lowest BCUT2D eigenvalue weighted by Gasteiger charge is -2.08. The molecule has 27 heavy (non-hydrogen) atoms. The summed E-state index contributed by atoms with van der Waals surface area (Å²) in [6, 6.07) is 4.95. The molecule has 0 saturated heterocycles. The van der Waals surface area contributed by atoms with E-state index in [4.69, 9.17) is 16.3 Å². The van der Waals surface area contributed by atoms with Crippen molar-refractivity contribution >= 4 is 35.2 Å². The van der Waals surface area contributed by atoms with Gasteiger partial charge in [-0.3, -0.25) is 9.48 Å². The second kappa shape index (κ2) is 8.86. The van der Waals surface area contributed by atoms with Crippen LogP contribution in [0.3, 0.4) is 0 Å². The van der Waals surface area contributed by atoms with Crippen LogP contribution >= 0.6 is 11.6 Å². The molecular formula is C20H24ClN3O3. The molecule has 1 amide bonds. The van der Waals surface area contributed by atoms with E-state index in [9.17, 15) is 9.59 Å². The molecule has 0 aliphatic heterocycles. The van der Waals surface area contributed by atoms with Gasteiger partial charge in [0.15, 0.2) is 0 Å². The Hall–Kier alpha value is -2.60. The van der Waals surface area contributed by atoms with Gasteiger partial charge in [-0.1, -0.05) is 25.4 Å². The fourth-order valence-corrected chi connectivity index (χ4v) is 2.91. The molecule has 0 saturated carbocycles. The predicted octanol–water partition coefficient (Wildman–Crippen LogP) is 4.25. The third-order valence-electron chi connectivity index (χ3n) is 3.95. The van der Waals surface area contributed by atoms with Crippen LogP contribution in [0.15, 0.2) is 24.3 Å². The first-order valence-corrected chi connectivity index (χ1v) is 9.01. The lowest BCUT2D eigenvalue weighted by Crippen LogP contribution is -2.10. The van der Waals surface area contributed by atoms with Crippen LogP contribution in [0.2, 0.25) is 5.15 Å². The van der Waals surface area contributed by atoms with Crippen LogP contribution in [0, 0.1) is 19.8 Å². The van der Waals surface area contributed by atoms with E-state index in [1.165, 1.54) is 13.2 Å². The third-order valence-corrected chi connectivity index (χ3v) is 4.35. The highest BCUT2D eigenvalue weighted by molar-refractivity contribution is 6.31. The molecule has 0 radical (unpaired) electrons. The summed E-state index contributed by atoms with van der Waals surface area (Å²) >= 11 is 6.38. The molecule has 7 heteroatoms. The summed E-state index contributed by atoms with van der Waals surface area (Å²) in [5.41, 5.74) is 3.31. The molecule has 0 aliphatic rings. The van der Waals surface area contributed by atoms with Gasteiger partial charge in [0.2, 0.25) is 5.91 Å². The SMILES string of the molecule is COC(=O)c1ccc(NC(=O)/C=C/c2c(C)nn(CC(C)C)c2Cl)c(C)c1. The number of methoxy groups -OCH3 is 1. The van der Waals surface area contributed by atoms with Gasteiger partial charge < -0.3 is 10.1 Å². The number of nitrogens with zero attached hydrogens (tertiary/aromatic N) is 2. The monoisotopic (exact) mass is 389 g/mol. The Morgan fingerprint density at radius 3 is 2.63 bits per heavy atom. The zero-order valence-electron chi connectivity index (χ0n) is 16.2. The van der Waals surface area contributed by atoms with Crippen molar-refractivity contribution in [2.45, 2.75) is 34.2 Å². The average Bonchev–Trinajstić information content (AvgIpc) is 2.87. The molecular weight excluding hydrogens is 366 g/mol. The maximum atomic E-state index is 12.3. The van der Waals surface area contributed by atoms with Crippen LogP contribution < -0.4 is 5.32 Å². The summed E-state index contributed by atoms with van der Waals surface area (Å²) in [6.45, 7) is 8.55. The quantitative estimate of drug-likeness (QED) is 0.592. The van der Waals surface area contributed by atoms with E-state index < -0.39 is 5.97 Å². The number of carbonyl (C=O) groups is 2. The van der Waals surface area contributed by atoms with Crippen LogP contribution in [-0.2, 0) is 16.1 Å². The zero-order chi connectivity index (χ0) is 20.1. The summed E-state index contributed by atoms with van der Waals surface area (Å²) in [5.74, 6) is -0.298. The second-order valence-electron chi connectivity index (χ2n) is 6.71. The number of amides is 1. The first-order chi connectivity index (χ1) is 12.7. The Morgan fingerprint density at radius 2 is 2.04 bits per heavy atom. The second-order valence-corrected chi connectivity index (χ2v) is 7.07. The topological polar surface area (TPSA) is 73.2 Å². The molecule has 1 N–H and O–H groups in total. The van der Waals surface area contributed by atoms with Gasteiger partial charge >= 0.3 is 5.97 Å². The molecule has 144 valence electrons. The van der Waals surface area contributed by atoms with Gasteiger partial charge in [0, 0.05) is 23.9 Å². The van der Waals surface area contributed by atoms with Gasteiger partial charge in [0.1, 0.15) is 5.15 Å². The van der Waals surface area contributed by atoms with Crippen molar-refractivity contribution in [1.82, 2.24) is 9.78 Å². The number of hydrogen-bond acceptors (Lipinski definition) is 4. The minimum absolute atomic E-state index is 0.295. The van der Waals surface area contributed by atoms with Crippen LogP contribution in [-0.4, -0.2) is 28.8 Å². The first kappa shape index (κ1) is 20.7. The highest BCUT2D eigenvalue weighted by Gasteiger charge is 2.13. The van der Waals surface area contributed by atoms with Gasteiger partial charge in [0.25, 0.3) is 0 Å². The molecule has 0 bridgehead atoms. The number of rotatable bonds is 6. The number of ether oxygens (including phenoxy) is 1. The number of carbonyl (C=O) groups excluding carboxylic acids is 2. The van der Waals surface area contributed by atoms with E-state index in [0.717, 1.165) is 16.8 Å². The van der Waals surface area contributed by atoms with Crippen LogP contribution in [0.1, 0.15) is 41.0 Å². The Kier molecular flexibility index (Phi) is 6.80. The van der Waals surface area contributed by atoms with Crippen molar-refractivity contribution in [1.29, 1.82) is 0 Å². The highest BCUT2D eigenvalue weighted by atomic mass is 35.5. The zero-order valence-corrected chi connectivity index (χ0v) is 16.9. The normalized spacial score (nSPS) is 11.2. The van der Waals surface area contributed by atoms with E-state index in [2.05, 4.69) is 24.3 Å². The Labute approximate surface area is 164 Å².